The van der Waals surface area contributed by atoms with Gasteiger partial charge in [0.1, 0.15) is 4.83 Å². The van der Waals surface area contributed by atoms with Gasteiger partial charge in [-0.05, 0) is 12.5 Å². The molecule has 0 bridgehead atoms. The molecule has 0 rings (SSSR count). The van der Waals surface area contributed by atoms with E-state index in [1.54, 1.807) is 12.2 Å². The van der Waals surface area contributed by atoms with Gasteiger partial charge in [0.25, 0.3) is 0 Å². The minimum atomic E-state index is -0.404. The minimum Gasteiger partial charge on any atom is -0.468 e. The molecule has 3 heteroatoms. The average molecular weight is 245 g/mol. The Hall–Kier alpha value is -0.830. The average Bonchev–Trinajstić information content (AvgIpc) is 2.17. The van der Waals surface area contributed by atoms with Crippen molar-refractivity contribution in [2.24, 2.45) is 0 Å². The molecule has 0 radical (unpaired) electrons. The Bertz CT molecular complexity index is 241. The Kier molecular flexibility index (Phi) is 6.24. The predicted molar refractivity (Wildman–Crippen MR) is 57.8 cm³/mol. The van der Waals surface area contributed by atoms with Crippen molar-refractivity contribution < 1.29 is 9.53 Å². The molecule has 0 aliphatic heterocycles. The van der Waals surface area contributed by atoms with E-state index in [9.17, 15) is 4.79 Å². The van der Waals surface area contributed by atoms with Crippen LogP contribution in [-0.2, 0) is 9.53 Å². The maximum Gasteiger partial charge on any atom is 0.323 e. The fourth-order valence-electron chi connectivity index (χ4n) is 0.746. The van der Waals surface area contributed by atoms with Gasteiger partial charge in [0.05, 0.1) is 7.11 Å². The van der Waals surface area contributed by atoms with Crippen LogP contribution in [0.15, 0.2) is 36.5 Å². The molecule has 13 heavy (non-hydrogen) atoms. The first-order valence-corrected chi connectivity index (χ1v) is 4.76. The smallest absolute Gasteiger partial charge is 0.323 e. The van der Waals surface area contributed by atoms with Crippen molar-refractivity contribution >= 4 is 21.9 Å². The van der Waals surface area contributed by atoms with Crippen LogP contribution in [-0.4, -0.2) is 17.9 Å². The van der Waals surface area contributed by atoms with Crippen LogP contribution in [0.2, 0.25) is 0 Å². The van der Waals surface area contributed by atoms with Crippen LogP contribution >= 0.6 is 15.9 Å². The van der Waals surface area contributed by atoms with Gasteiger partial charge in [-0.15, -0.1) is 0 Å². The van der Waals surface area contributed by atoms with Crippen LogP contribution in [0.3, 0.4) is 0 Å². The fraction of sp³-hybridized carbons (Fsp3) is 0.300. The highest BCUT2D eigenvalue weighted by atomic mass is 79.9. The summed E-state index contributed by atoms with van der Waals surface area (Å²) in [6, 6.07) is 0. The molecule has 0 saturated carbocycles. The molecule has 2 nitrogen and oxygen atoms in total. The van der Waals surface area contributed by atoms with Crippen LogP contribution in [0.5, 0.6) is 0 Å². The monoisotopic (exact) mass is 244 g/mol. The van der Waals surface area contributed by atoms with Crippen LogP contribution in [0, 0.1) is 0 Å². The largest absolute Gasteiger partial charge is 0.468 e. The lowest BCUT2D eigenvalue weighted by Crippen LogP contribution is -2.16. The second-order valence-electron chi connectivity index (χ2n) is 2.27. The molecule has 0 aromatic rings. The zero-order valence-electron chi connectivity index (χ0n) is 7.79. The number of alkyl halides is 1. The van der Waals surface area contributed by atoms with Gasteiger partial charge in [-0.25, -0.2) is 0 Å². The zero-order chi connectivity index (χ0) is 10.3. The molecule has 0 aromatic heterocycles. The maximum atomic E-state index is 11.1. The lowest BCUT2D eigenvalue weighted by molar-refractivity contribution is -0.139. The zero-order valence-corrected chi connectivity index (χ0v) is 9.37. The number of hydrogen-bond acceptors (Lipinski definition) is 2. The maximum absolute atomic E-state index is 11.1. The highest BCUT2D eigenvalue weighted by Crippen LogP contribution is 2.15. The van der Waals surface area contributed by atoms with Gasteiger partial charge >= 0.3 is 5.97 Å². The molecule has 0 heterocycles. The SMILES string of the molecule is C=C/C=C\C(=C/C)C(Br)C(=O)OC. The van der Waals surface area contributed by atoms with Crippen molar-refractivity contribution in [3.8, 4) is 0 Å². The van der Waals surface area contributed by atoms with Crippen molar-refractivity contribution in [1.82, 2.24) is 0 Å². The summed E-state index contributed by atoms with van der Waals surface area (Å²) in [5.74, 6) is -0.304. The molecule has 0 N–H and O–H groups in total. The Morgan fingerprint density at radius 3 is 2.62 bits per heavy atom. The van der Waals surface area contributed by atoms with E-state index in [4.69, 9.17) is 0 Å². The van der Waals surface area contributed by atoms with Gasteiger partial charge in [0.15, 0.2) is 0 Å². The summed E-state index contributed by atoms with van der Waals surface area (Å²) in [5.41, 5.74) is 0.853. The molecule has 1 atom stereocenters. The molecule has 0 fully saturated rings. The lowest BCUT2D eigenvalue weighted by Gasteiger charge is -2.07. The third kappa shape index (κ3) is 4.08. The molecular formula is C10H13BrO2. The lowest BCUT2D eigenvalue weighted by atomic mass is 10.1. The Balaban J connectivity index is 4.50. The van der Waals surface area contributed by atoms with E-state index < -0.39 is 4.83 Å². The summed E-state index contributed by atoms with van der Waals surface area (Å²) in [6.45, 7) is 5.41. The van der Waals surface area contributed by atoms with E-state index in [-0.39, 0.29) is 5.97 Å². The van der Waals surface area contributed by atoms with Crippen LogP contribution in [0.1, 0.15) is 6.92 Å². The normalized spacial score (nSPS) is 14.2. The van der Waals surface area contributed by atoms with Crippen LogP contribution in [0.25, 0.3) is 0 Å². The molecule has 0 saturated heterocycles. The first kappa shape index (κ1) is 12.2. The standard InChI is InChI=1S/C10H13BrO2/c1-4-6-7-8(5-2)9(11)10(12)13-3/h4-7,9H,1H2,2-3H3/b7-6-,8-5+. The number of halogens is 1. The molecule has 0 aliphatic carbocycles. The second kappa shape index (κ2) is 6.66. The van der Waals surface area contributed by atoms with Gasteiger partial charge in [-0.3, -0.25) is 4.79 Å². The topological polar surface area (TPSA) is 26.3 Å². The highest BCUT2D eigenvalue weighted by Gasteiger charge is 2.17. The van der Waals surface area contributed by atoms with E-state index in [1.807, 2.05) is 19.1 Å². The number of methoxy groups -OCH3 is 1. The Labute approximate surface area is 87.1 Å². The molecule has 0 aromatic carbocycles. The molecule has 0 amide bonds. The van der Waals surface area contributed by atoms with Crippen molar-refractivity contribution in [3.05, 3.63) is 36.5 Å². The van der Waals surface area contributed by atoms with E-state index >= 15 is 0 Å². The molecule has 72 valence electrons. The number of carbonyl (C=O) groups excluding carboxylic acids is 1. The first-order chi connectivity index (χ1) is 6.17. The summed E-state index contributed by atoms with van der Waals surface area (Å²) in [4.78, 5) is 10.7. The van der Waals surface area contributed by atoms with Gasteiger partial charge < -0.3 is 4.74 Å². The van der Waals surface area contributed by atoms with Gasteiger partial charge in [0, 0.05) is 0 Å². The van der Waals surface area contributed by atoms with E-state index in [2.05, 4.69) is 27.2 Å². The van der Waals surface area contributed by atoms with Crippen molar-refractivity contribution in [3.63, 3.8) is 0 Å². The Morgan fingerprint density at radius 1 is 1.62 bits per heavy atom. The van der Waals surface area contributed by atoms with Crippen LogP contribution < -0.4 is 0 Å². The fourth-order valence-corrected chi connectivity index (χ4v) is 1.35. The van der Waals surface area contributed by atoms with Gasteiger partial charge in [-0.1, -0.05) is 46.8 Å². The van der Waals surface area contributed by atoms with E-state index in [0.29, 0.717) is 0 Å². The minimum absolute atomic E-state index is 0.304. The van der Waals surface area contributed by atoms with Gasteiger partial charge in [-0.2, -0.15) is 0 Å². The molecule has 1 unspecified atom stereocenters. The van der Waals surface area contributed by atoms with Crippen molar-refractivity contribution in [1.29, 1.82) is 0 Å². The molecular weight excluding hydrogens is 232 g/mol. The number of rotatable bonds is 4. The highest BCUT2D eigenvalue weighted by molar-refractivity contribution is 9.10. The Morgan fingerprint density at radius 2 is 2.23 bits per heavy atom. The number of esters is 1. The van der Waals surface area contributed by atoms with Crippen molar-refractivity contribution in [2.75, 3.05) is 7.11 Å². The summed E-state index contributed by atoms with van der Waals surface area (Å²) >= 11 is 3.23. The summed E-state index contributed by atoms with van der Waals surface area (Å²) in [5, 5.41) is 0. The quantitative estimate of drug-likeness (QED) is 0.432. The third-order valence-corrected chi connectivity index (χ3v) is 2.36. The van der Waals surface area contributed by atoms with E-state index in [1.165, 1.54) is 7.11 Å². The number of ether oxygens (including phenoxy) is 1. The number of hydrogen-bond donors (Lipinski definition) is 0. The van der Waals surface area contributed by atoms with Crippen molar-refractivity contribution in [2.45, 2.75) is 11.8 Å². The van der Waals surface area contributed by atoms with Gasteiger partial charge in [0.2, 0.25) is 0 Å². The van der Waals surface area contributed by atoms with Crippen LogP contribution in [0.4, 0.5) is 0 Å². The molecule has 0 aliphatic rings. The number of allylic oxidation sites excluding steroid dienone is 4. The summed E-state index contributed by atoms with van der Waals surface area (Å²) in [7, 11) is 1.36. The third-order valence-electron chi connectivity index (χ3n) is 1.46. The summed E-state index contributed by atoms with van der Waals surface area (Å²) in [6.07, 6.45) is 7.08. The number of carbonyl (C=O) groups is 1. The first-order valence-electron chi connectivity index (χ1n) is 3.84. The summed E-state index contributed by atoms with van der Waals surface area (Å²) < 4.78 is 4.59. The molecule has 0 spiro atoms. The predicted octanol–water partition coefficient (Wildman–Crippen LogP) is 2.61. The van der Waals surface area contributed by atoms with E-state index in [0.717, 1.165) is 5.57 Å². The second-order valence-corrected chi connectivity index (χ2v) is 3.18.